The Morgan fingerprint density at radius 3 is 2.56 bits per heavy atom. The van der Waals surface area contributed by atoms with Crippen LogP contribution < -0.4 is 16.0 Å². The Hall–Kier alpha value is -2.10. The van der Waals surface area contributed by atoms with Gasteiger partial charge in [-0.15, -0.1) is 0 Å². The molecule has 1 atom stereocenters. The molecule has 146 valence electrons. The molecule has 27 heavy (non-hydrogen) atoms. The molecule has 0 amide bonds. The number of allylic oxidation sites excluding steroid dienone is 5. The highest BCUT2D eigenvalue weighted by Gasteiger charge is 2.10. The molecule has 3 heteroatoms. The summed E-state index contributed by atoms with van der Waals surface area (Å²) in [5.41, 5.74) is 11.5. The SMILES string of the molecule is C=C/C=C\C(N)CNCC1=CC=C(c2ccc(N(CC)CCC)cc2)CC1. The van der Waals surface area contributed by atoms with Gasteiger partial charge in [-0.2, -0.15) is 0 Å². The Morgan fingerprint density at radius 1 is 1.19 bits per heavy atom. The number of hydrogen-bond donors (Lipinski definition) is 2. The topological polar surface area (TPSA) is 41.3 Å². The van der Waals surface area contributed by atoms with E-state index in [-0.39, 0.29) is 6.04 Å². The maximum Gasteiger partial charge on any atom is 0.0366 e. The zero-order chi connectivity index (χ0) is 19.5. The fraction of sp³-hybridized carbons (Fsp3) is 0.417. The molecule has 0 bridgehead atoms. The highest BCUT2D eigenvalue weighted by Crippen LogP contribution is 2.28. The second kappa shape index (κ2) is 11.6. The van der Waals surface area contributed by atoms with Crippen LogP contribution in [-0.2, 0) is 0 Å². The van der Waals surface area contributed by atoms with E-state index in [1.165, 1.54) is 28.8 Å². The molecule has 1 aliphatic carbocycles. The van der Waals surface area contributed by atoms with Crippen molar-refractivity contribution in [1.82, 2.24) is 5.32 Å². The van der Waals surface area contributed by atoms with Crippen LogP contribution in [0.5, 0.6) is 0 Å². The molecule has 1 aromatic carbocycles. The third-order valence-electron chi connectivity index (χ3n) is 4.94. The largest absolute Gasteiger partial charge is 0.372 e. The number of nitrogens with two attached hydrogens (primary N) is 1. The molecule has 0 aromatic heterocycles. The standard InChI is InChI=1S/C24H35N3/c1-4-7-8-23(25)19-26-18-20-9-11-21(12-10-20)22-13-15-24(16-14-22)27(6-3)17-5-2/h4,7-9,11,13-16,23,26H,1,5-6,10,12,17-19,25H2,2-3H3/b8-7-. The summed E-state index contributed by atoms with van der Waals surface area (Å²) in [4.78, 5) is 2.43. The van der Waals surface area contributed by atoms with Crippen molar-refractivity contribution in [3.63, 3.8) is 0 Å². The predicted molar refractivity (Wildman–Crippen MR) is 120 cm³/mol. The zero-order valence-corrected chi connectivity index (χ0v) is 17.0. The molecule has 0 spiro atoms. The summed E-state index contributed by atoms with van der Waals surface area (Å²) < 4.78 is 0. The van der Waals surface area contributed by atoms with E-state index in [2.05, 4.69) is 67.1 Å². The summed E-state index contributed by atoms with van der Waals surface area (Å²) >= 11 is 0. The molecule has 3 nitrogen and oxygen atoms in total. The molecular formula is C24H35N3. The number of nitrogens with zero attached hydrogens (tertiary/aromatic N) is 1. The lowest BCUT2D eigenvalue weighted by Gasteiger charge is -2.23. The van der Waals surface area contributed by atoms with Crippen LogP contribution in [0.25, 0.3) is 5.57 Å². The van der Waals surface area contributed by atoms with Crippen LogP contribution in [0.1, 0.15) is 38.7 Å². The van der Waals surface area contributed by atoms with Crippen molar-refractivity contribution < 1.29 is 0 Å². The van der Waals surface area contributed by atoms with E-state index in [4.69, 9.17) is 5.73 Å². The van der Waals surface area contributed by atoms with E-state index in [0.717, 1.165) is 39.0 Å². The minimum absolute atomic E-state index is 0.0344. The van der Waals surface area contributed by atoms with Crippen LogP contribution >= 0.6 is 0 Å². The maximum atomic E-state index is 6.00. The van der Waals surface area contributed by atoms with Gasteiger partial charge >= 0.3 is 0 Å². The molecule has 0 saturated carbocycles. The molecule has 3 N–H and O–H groups in total. The van der Waals surface area contributed by atoms with E-state index >= 15 is 0 Å². The van der Waals surface area contributed by atoms with Gasteiger partial charge in [-0.1, -0.05) is 61.6 Å². The first-order valence-corrected chi connectivity index (χ1v) is 10.2. The third-order valence-corrected chi connectivity index (χ3v) is 4.94. The Kier molecular flexibility index (Phi) is 9.09. The van der Waals surface area contributed by atoms with E-state index in [1.54, 1.807) is 6.08 Å². The van der Waals surface area contributed by atoms with Crippen LogP contribution in [0.2, 0.25) is 0 Å². The Morgan fingerprint density at radius 2 is 1.96 bits per heavy atom. The first kappa shape index (κ1) is 21.2. The quantitative estimate of drug-likeness (QED) is 0.559. The monoisotopic (exact) mass is 365 g/mol. The highest BCUT2D eigenvalue weighted by atomic mass is 15.1. The zero-order valence-electron chi connectivity index (χ0n) is 17.0. The second-order valence-corrected chi connectivity index (χ2v) is 7.06. The van der Waals surface area contributed by atoms with Gasteiger partial charge in [-0.25, -0.2) is 0 Å². The summed E-state index contributed by atoms with van der Waals surface area (Å²) in [6.07, 6.45) is 13.5. The van der Waals surface area contributed by atoms with Crippen molar-refractivity contribution in [2.75, 3.05) is 31.1 Å². The van der Waals surface area contributed by atoms with Gasteiger partial charge in [0.05, 0.1) is 0 Å². The average Bonchev–Trinajstić information content (AvgIpc) is 2.71. The number of anilines is 1. The van der Waals surface area contributed by atoms with Crippen molar-refractivity contribution in [3.05, 3.63) is 72.4 Å². The normalized spacial score (nSPS) is 15.4. The molecule has 0 heterocycles. The predicted octanol–water partition coefficient (Wildman–Crippen LogP) is 4.69. The minimum Gasteiger partial charge on any atom is -0.372 e. The fourth-order valence-electron chi connectivity index (χ4n) is 3.38. The third kappa shape index (κ3) is 6.85. The lowest BCUT2D eigenvalue weighted by Crippen LogP contribution is -2.33. The van der Waals surface area contributed by atoms with E-state index in [1.807, 2.05) is 12.2 Å². The molecule has 0 radical (unpaired) electrons. The van der Waals surface area contributed by atoms with E-state index in [9.17, 15) is 0 Å². The highest BCUT2D eigenvalue weighted by molar-refractivity contribution is 5.70. The molecule has 1 aromatic rings. The summed E-state index contributed by atoms with van der Waals surface area (Å²) in [6.45, 7) is 12.0. The van der Waals surface area contributed by atoms with Gasteiger partial charge in [-0.3, -0.25) is 0 Å². The van der Waals surface area contributed by atoms with Gasteiger partial charge < -0.3 is 16.0 Å². The van der Waals surface area contributed by atoms with Crippen molar-refractivity contribution in [2.24, 2.45) is 5.73 Å². The Balaban J connectivity index is 1.89. The molecule has 2 rings (SSSR count). The van der Waals surface area contributed by atoms with Gasteiger partial charge in [0.25, 0.3) is 0 Å². The van der Waals surface area contributed by atoms with Crippen LogP contribution in [0.3, 0.4) is 0 Å². The van der Waals surface area contributed by atoms with Crippen molar-refractivity contribution in [2.45, 2.75) is 39.2 Å². The molecule has 1 unspecified atom stereocenters. The summed E-state index contributed by atoms with van der Waals surface area (Å²) in [6, 6.07) is 9.08. The van der Waals surface area contributed by atoms with Gasteiger partial charge in [-0.05, 0) is 49.5 Å². The minimum atomic E-state index is 0.0344. The number of benzene rings is 1. The van der Waals surface area contributed by atoms with Gasteiger partial charge in [0.15, 0.2) is 0 Å². The van der Waals surface area contributed by atoms with E-state index in [0.29, 0.717) is 0 Å². The summed E-state index contributed by atoms with van der Waals surface area (Å²) in [5, 5.41) is 3.44. The average molecular weight is 366 g/mol. The first-order chi connectivity index (χ1) is 13.2. The number of rotatable bonds is 11. The first-order valence-electron chi connectivity index (χ1n) is 10.2. The van der Waals surface area contributed by atoms with Crippen molar-refractivity contribution in [1.29, 1.82) is 0 Å². The van der Waals surface area contributed by atoms with Gasteiger partial charge in [0.2, 0.25) is 0 Å². The molecule has 0 aliphatic heterocycles. The van der Waals surface area contributed by atoms with Crippen molar-refractivity contribution >= 4 is 11.3 Å². The van der Waals surface area contributed by atoms with Gasteiger partial charge in [0.1, 0.15) is 0 Å². The molecule has 0 saturated heterocycles. The molecule has 0 fully saturated rings. The van der Waals surface area contributed by atoms with Gasteiger partial charge in [0, 0.05) is 37.9 Å². The fourth-order valence-corrected chi connectivity index (χ4v) is 3.38. The van der Waals surface area contributed by atoms with E-state index < -0.39 is 0 Å². The Labute approximate surface area is 165 Å². The van der Waals surface area contributed by atoms with Crippen molar-refractivity contribution in [3.8, 4) is 0 Å². The van der Waals surface area contributed by atoms with Crippen LogP contribution in [0, 0.1) is 0 Å². The summed E-state index contributed by atoms with van der Waals surface area (Å²) in [5.74, 6) is 0. The smallest absolute Gasteiger partial charge is 0.0366 e. The number of nitrogens with one attached hydrogen (secondary N) is 1. The van der Waals surface area contributed by atoms with Crippen LogP contribution in [-0.4, -0.2) is 32.2 Å². The molecule has 1 aliphatic rings. The number of hydrogen-bond acceptors (Lipinski definition) is 3. The van der Waals surface area contributed by atoms with Crippen LogP contribution in [0.4, 0.5) is 5.69 Å². The lowest BCUT2D eigenvalue weighted by atomic mass is 9.93. The second-order valence-electron chi connectivity index (χ2n) is 7.06. The summed E-state index contributed by atoms with van der Waals surface area (Å²) in [7, 11) is 0. The van der Waals surface area contributed by atoms with Crippen LogP contribution in [0.15, 0.2) is 66.8 Å². The maximum absolute atomic E-state index is 6.00. The molecular weight excluding hydrogens is 330 g/mol. The lowest BCUT2D eigenvalue weighted by molar-refractivity contribution is 0.660. The Bertz CT molecular complexity index is 667.